The van der Waals surface area contributed by atoms with Gasteiger partial charge in [-0.05, 0) is 35.8 Å². The SMILES string of the molecule is CN=C(NCCC(=O)N1CCc2sccc2C1)N1CCC(C)C(n2ccnc2)C1.I. The third-order valence-corrected chi connectivity index (χ3v) is 7.14. The standard InChI is InChI=1S/C21H30N6OS.HI/c1-16-4-9-26(14-18(16)27-11-8-23-15-27)21(22-2)24-7-3-20(28)25-10-5-19-17(13-25)6-12-29-19;/h6,8,11-12,15-16,18H,3-5,7,9-10,13-14H2,1-2H3,(H,22,24);1H. The lowest BCUT2D eigenvalue weighted by molar-refractivity contribution is -0.131. The number of likely N-dealkylation sites (tertiary alicyclic amines) is 1. The molecule has 2 aromatic heterocycles. The number of aliphatic imine (C=N–C) groups is 1. The zero-order chi connectivity index (χ0) is 20.2. The first-order chi connectivity index (χ1) is 14.2. The van der Waals surface area contributed by atoms with Crippen LogP contribution in [0.15, 0.2) is 35.2 Å². The van der Waals surface area contributed by atoms with E-state index in [-0.39, 0.29) is 29.9 Å². The highest BCUT2D eigenvalue weighted by atomic mass is 127. The van der Waals surface area contributed by atoms with Crippen LogP contribution in [0, 0.1) is 5.92 Å². The summed E-state index contributed by atoms with van der Waals surface area (Å²) >= 11 is 1.80. The van der Waals surface area contributed by atoms with Gasteiger partial charge in [-0.3, -0.25) is 9.79 Å². The van der Waals surface area contributed by atoms with Gasteiger partial charge in [-0.2, -0.15) is 0 Å². The van der Waals surface area contributed by atoms with E-state index >= 15 is 0 Å². The lowest BCUT2D eigenvalue weighted by atomic mass is 9.93. The summed E-state index contributed by atoms with van der Waals surface area (Å²) in [5.41, 5.74) is 1.31. The van der Waals surface area contributed by atoms with Crippen molar-refractivity contribution in [1.82, 2.24) is 24.7 Å². The molecule has 164 valence electrons. The molecule has 9 heteroatoms. The Kier molecular flexibility index (Phi) is 8.15. The van der Waals surface area contributed by atoms with Crippen LogP contribution in [0.4, 0.5) is 0 Å². The molecule has 2 unspecified atom stereocenters. The second-order valence-corrected chi connectivity index (χ2v) is 8.95. The molecule has 0 aliphatic carbocycles. The van der Waals surface area contributed by atoms with Gasteiger partial charge in [0.25, 0.3) is 0 Å². The average Bonchev–Trinajstić information content (AvgIpc) is 3.43. The molecule has 1 amide bonds. The highest BCUT2D eigenvalue weighted by Crippen LogP contribution is 2.27. The third kappa shape index (κ3) is 5.16. The maximum atomic E-state index is 12.7. The lowest BCUT2D eigenvalue weighted by Gasteiger charge is -2.39. The Hall–Kier alpha value is -1.62. The monoisotopic (exact) mass is 542 g/mol. The topological polar surface area (TPSA) is 65.8 Å². The van der Waals surface area contributed by atoms with Gasteiger partial charge in [0.15, 0.2) is 5.96 Å². The number of fused-ring (bicyclic) bond motifs is 1. The Bertz CT molecular complexity index is 852. The molecule has 2 aliphatic rings. The number of thiophene rings is 1. The van der Waals surface area contributed by atoms with Crippen LogP contribution in [0.25, 0.3) is 0 Å². The zero-order valence-electron chi connectivity index (χ0n) is 17.7. The zero-order valence-corrected chi connectivity index (χ0v) is 20.8. The summed E-state index contributed by atoms with van der Waals surface area (Å²) < 4.78 is 2.20. The third-order valence-electron chi connectivity index (χ3n) is 6.12. The van der Waals surface area contributed by atoms with Crippen LogP contribution in [0.2, 0.25) is 0 Å². The molecular weight excluding hydrogens is 511 g/mol. The number of nitrogens with one attached hydrogen (secondary N) is 1. The fourth-order valence-electron chi connectivity index (χ4n) is 4.33. The predicted octanol–water partition coefficient (Wildman–Crippen LogP) is 3.00. The molecule has 30 heavy (non-hydrogen) atoms. The Balaban J connectivity index is 0.00000256. The number of imidazole rings is 1. The molecule has 1 N–H and O–H groups in total. The van der Waals surface area contributed by atoms with Crippen LogP contribution in [0.1, 0.15) is 36.2 Å². The Labute approximate surface area is 199 Å². The van der Waals surface area contributed by atoms with Crippen molar-refractivity contribution in [3.8, 4) is 0 Å². The van der Waals surface area contributed by atoms with E-state index in [2.05, 4.69) is 43.1 Å². The molecule has 1 saturated heterocycles. The van der Waals surface area contributed by atoms with Crippen molar-refractivity contribution >= 4 is 47.2 Å². The van der Waals surface area contributed by atoms with E-state index in [9.17, 15) is 4.79 Å². The van der Waals surface area contributed by atoms with Gasteiger partial charge in [-0.1, -0.05) is 6.92 Å². The minimum absolute atomic E-state index is 0. The Morgan fingerprint density at radius 2 is 2.23 bits per heavy atom. The number of guanidine groups is 1. The largest absolute Gasteiger partial charge is 0.356 e. The number of aromatic nitrogens is 2. The normalized spacial score (nSPS) is 21.7. The number of amides is 1. The average molecular weight is 542 g/mol. The molecule has 7 nitrogen and oxygen atoms in total. The summed E-state index contributed by atoms with van der Waals surface area (Å²) in [5.74, 6) is 1.70. The fraction of sp³-hybridized carbons (Fsp3) is 0.571. The van der Waals surface area contributed by atoms with Crippen molar-refractivity contribution in [2.75, 3.05) is 33.2 Å². The maximum absolute atomic E-state index is 12.7. The molecule has 0 saturated carbocycles. The van der Waals surface area contributed by atoms with Gasteiger partial charge < -0.3 is 19.7 Å². The van der Waals surface area contributed by atoms with Crippen molar-refractivity contribution in [3.63, 3.8) is 0 Å². The second-order valence-electron chi connectivity index (χ2n) is 7.95. The van der Waals surface area contributed by atoms with E-state index < -0.39 is 0 Å². The molecule has 2 aliphatic heterocycles. The van der Waals surface area contributed by atoms with Gasteiger partial charge in [-0.25, -0.2) is 4.98 Å². The number of carbonyl (C=O) groups excluding carboxylic acids is 1. The molecule has 4 rings (SSSR count). The van der Waals surface area contributed by atoms with Crippen LogP contribution in [-0.2, 0) is 17.8 Å². The second kappa shape index (κ2) is 10.6. The van der Waals surface area contributed by atoms with Crippen LogP contribution in [0.3, 0.4) is 0 Å². The first-order valence-corrected chi connectivity index (χ1v) is 11.3. The van der Waals surface area contributed by atoms with Crippen LogP contribution < -0.4 is 5.32 Å². The summed E-state index contributed by atoms with van der Waals surface area (Å²) in [7, 11) is 1.82. The molecule has 4 heterocycles. The van der Waals surface area contributed by atoms with Gasteiger partial charge >= 0.3 is 0 Å². The molecule has 2 aromatic rings. The molecule has 1 fully saturated rings. The number of rotatable bonds is 4. The quantitative estimate of drug-likeness (QED) is 0.367. The highest BCUT2D eigenvalue weighted by molar-refractivity contribution is 14.0. The first-order valence-electron chi connectivity index (χ1n) is 10.4. The van der Waals surface area contributed by atoms with Gasteiger partial charge in [0, 0.05) is 63.5 Å². The summed E-state index contributed by atoms with van der Waals surface area (Å²) in [6.07, 6.45) is 8.36. The highest BCUT2D eigenvalue weighted by Gasteiger charge is 2.29. The molecular formula is C21H31IN6OS. The lowest BCUT2D eigenvalue weighted by Crippen LogP contribution is -2.49. The van der Waals surface area contributed by atoms with Gasteiger partial charge in [-0.15, -0.1) is 35.3 Å². The van der Waals surface area contributed by atoms with Crippen molar-refractivity contribution in [1.29, 1.82) is 0 Å². The number of carbonyl (C=O) groups is 1. The fourth-order valence-corrected chi connectivity index (χ4v) is 5.22. The van der Waals surface area contributed by atoms with Crippen LogP contribution in [-0.4, -0.2) is 64.4 Å². The minimum Gasteiger partial charge on any atom is -0.356 e. The summed E-state index contributed by atoms with van der Waals surface area (Å²) in [6.45, 7) is 6.38. The molecule has 0 aromatic carbocycles. The molecule has 0 spiro atoms. The van der Waals surface area contributed by atoms with Gasteiger partial charge in [0.2, 0.25) is 5.91 Å². The predicted molar refractivity (Wildman–Crippen MR) is 131 cm³/mol. The van der Waals surface area contributed by atoms with Crippen LogP contribution >= 0.6 is 35.3 Å². The molecule has 0 bridgehead atoms. The Morgan fingerprint density at radius 3 is 3.00 bits per heavy atom. The summed E-state index contributed by atoms with van der Waals surface area (Å²) in [6, 6.07) is 2.53. The van der Waals surface area contributed by atoms with Gasteiger partial charge in [0.1, 0.15) is 0 Å². The van der Waals surface area contributed by atoms with Crippen molar-refractivity contribution in [2.24, 2.45) is 10.9 Å². The number of halogens is 1. The minimum atomic E-state index is 0. The van der Waals surface area contributed by atoms with Crippen molar-refractivity contribution in [2.45, 2.75) is 38.8 Å². The smallest absolute Gasteiger partial charge is 0.224 e. The van der Waals surface area contributed by atoms with Crippen LogP contribution in [0.5, 0.6) is 0 Å². The molecule has 2 atom stereocenters. The van der Waals surface area contributed by atoms with E-state index in [4.69, 9.17) is 0 Å². The Morgan fingerprint density at radius 1 is 1.37 bits per heavy atom. The van der Waals surface area contributed by atoms with Crippen molar-refractivity contribution < 1.29 is 4.79 Å². The van der Waals surface area contributed by atoms with Gasteiger partial charge in [0.05, 0.1) is 12.4 Å². The summed E-state index contributed by atoms with van der Waals surface area (Å²) in [4.78, 5) is 27.0. The van der Waals surface area contributed by atoms with Crippen molar-refractivity contribution in [3.05, 3.63) is 40.6 Å². The van der Waals surface area contributed by atoms with E-state index in [1.54, 1.807) is 11.3 Å². The number of hydrogen-bond acceptors (Lipinski definition) is 4. The van der Waals surface area contributed by atoms with E-state index in [0.717, 1.165) is 45.0 Å². The van der Waals surface area contributed by atoms with E-state index in [0.29, 0.717) is 24.9 Å². The first kappa shape index (κ1) is 23.1. The number of piperidine rings is 1. The molecule has 0 radical (unpaired) electrons. The summed E-state index contributed by atoms with van der Waals surface area (Å²) in [5, 5.41) is 5.54. The van der Waals surface area contributed by atoms with E-state index in [1.807, 2.05) is 30.7 Å². The maximum Gasteiger partial charge on any atom is 0.224 e. The number of nitrogens with zero attached hydrogens (tertiary/aromatic N) is 5. The number of hydrogen-bond donors (Lipinski definition) is 1. The van der Waals surface area contributed by atoms with E-state index in [1.165, 1.54) is 10.4 Å².